The first-order valence-corrected chi connectivity index (χ1v) is 12.7. The average molecular weight is 527 g/mol. The fraction of sp³-hybridized carbons (Fsp3) is 0.286. The number of benzene rings is 1. The van der Waals surface area contributed by atoms with Crippen LogP contribution in [-0.4, -0.2) is 48.6 Å². The van der Waals surface area contributed by atoms with Gasteiger partial charge in [0.15, 0.2) is 5.65 Å². The van der Waals surface area contributed by atoms with Gasteiger partial charge < -0.3 is 15.4 Å². The van der Waals surface area contributed by atoms with E-state index in [-0.39, 0.29) is 46.4 Å². The van der Waals surface area contributed by atoms with Crippen LogP contribution in [0.25, 0.3) is 22.3 Å². The summed E-state index contributed by atoms with van der Waals surface area (Å²) in [6.45, 7) is 4.68. The van der Waals surface area contributed by atoms with Crippen LogP contribution in [0.5, 0.6) is 11.6 Å². The number of aromatic nitrogens is 5. The van der Waals surface area contributed by atoms with Gasteiger partial charge in [-0.1, -0.05) is 38.1 Å². The van der Waals surface area contributed by atoms with Crippen LogP contribution in [0, 0.1) is 23.2 Å². The van der Waals surface area contributed by atoms with Crippen LogP contribution in [0.4, 0.5) is 10.2 Å². The number of para-hydroxylation sites is 1. The molecule has 1 aliphatic heterocycles. The number of piperidine rings is 1. The van der Waals surface area contributed by atoms with Gasteiger partial charge in [0.2, 0.25) is 11.8 Å². The smallest absolute Gasteiger partial charge is 0.264 e. The van der Waals surface area contributed by atoms with Crippen LogP contribution in [0.3, 0.4) is 0 Å². The third-order valence-electron chi connectivity index (χ3n) is 6.44. The number of ether oxygens (including phenoxy) is 1. The largest absolute Gasteiger partial charge is 0.439 e. The predicted octanol–water partition coefficient (Wildman–Crippen LogP) is 4.67. The van der Waals surface area contributed by atoms with Crippen molar-refractivity contribution >= 4 is 22.8 Å². The lowest BCUT2D eigenvalue weighted by Gasteiger charge is -2.33. The lowest BCUT2D eigenvalue weighted by molar-refractivity contribution is -0.128. The normalized spacial score (nSPS) is 15.9. The van der Waals surface area contributed by atoms with Crippen molar-refractivity contribution in [3.8, 4) is 29.0 Å². The molecule has 0 bridgehead atoms. The molecule has 4 heterocycles. The number of carbonyl (C=O) groups is 1. The van der Waals surface area contributed by atoms with Gasteiger partial charge in [-0.25, -0.2) is 14.6 Å². The molecule has 10 nitrogen and oxygen atoms in total. The third kappa shape index (κ3) is 5.27. The molecule has 1 aromatic carbocycles. The summed E-state index contributed by atoms with van der Waals surface area (Å²) in [6, 6.07) is 13.8. The Bertz CT molecular complexity index is 1590. The zero-order valence-electron chi connectivity index (χ0n) is 21.6. The number of anilines is 1. The number of hydrogen-bond acceptors (Lipinski definition) is 8. The van der Waals surface area contributed by atoms with Crippen LogP contribution >= 0.6 is 0 Å². The Morgan fingerprint density at radius 1 is 1.23 bits per heavy atom. The van der Waals surface area contributed by atoms with Gasteiger partial charge in [-0.2, -0.15) is 19.7 Å². The quantitative estimate of drug-likeness (QED) is 0.217. The summed E-state index contributed by atoms with van der Waals surface area (Å²) in [5.41, 5.74) is 7.14. The van der Waals surface area contributed by atoms with Crippen molar-refractivity contribution in [1.29, 1.82) is 5.26 Å². The van der Waals surface area contributed by atoms with E-state index in [1.165, 1.54) is 12.4 Å². The molecule has 1 fully saturated rings. The fourth-order valence-electron chi connectivity index (χ4n) is 4.70. The molecule has 3 aromatic heterocycles. The van der Waals surface area contributed by atoms with Gasteiger partial charge in [0.05, 0.1) is 17.0 Å². The first-order valence-electron chi connectivity index (χ1n) is 12.7. The van der Waals surface area contributed by atoms with Gasteiger partial charge in [-0.05, 0) is 37.0 Å². The van der Waals surface area contributed by atoms with Crippen LogP contribution in [0.1, 0.15) is 32.7 Å². The molecule has 198 valence electrons. The van der Waals surface area contributed by atoms with E-state index < -0.39 is 5.95 Å². The van der Waals surface area contributed by atoms with Gasteiger partial charge in [-0.15, -0.1) is 0 Å². The Morgan fingerprint density at radius 2 is 2.03 bits per heavy atom. The molecule has 4 aromatic rings. The molecule has 1 atom stereocenters. The Labute approximate surface area is 224 Å². The van der Waals surface area contributed by atoms with Crippen molar-refractivity contribution in [2.24, 2.45) is 5.92 Å². The summed E-state index contributed by atoms with van der Waals surface area (Å²) in [4.78, 5) is 27.2. The molecule has 1 unspecified atom stereocenters. The first kappa shape index (κ1) is 25.8. The highest BCUT2D eigenvalue weighted by molar-refractivity contribution is 5.99. The number of nitrogens with zero attached hydrogens (tertiary/aromatic N) is 7. The van der Waals surface area contributed by atoms with E-state index in [1.807, 2.05) is 38.1 Å². The Kier molecular flexibility index (Phi) is 7.19. The molecule has 0 aliphatic carbocycles. The maximum Gasteiger partial charge on any atom is 0.264 e. The minimum absolute atomic E-state index is 0.0643. The number of amides is 1. The van der Waals surface area contributed by atoms with E-state index in [0.29, 0.717) is 42.7 Å². The number of likely N-dealkylation sites (tertiary alicyclic amines) is 1. The van der Waals surface area contributed by atoms with E-state index >= 15 is 4.39 Å². The second kappa shape index (κ2) is 10.9. The zero-order chi connectivity index (χ0) is 27.5. The van der Waals surface area contributed by atoms with Gasteiger partial charge in [0.25, 0.3) is 5.91 Å². The molecular formula is C28H27FN8O2. The van der Waals surface area contributed by atoms with Crippen LogP contribution in [0.15, 0.2) is 60.4 Å². The van der Waals surface area contributed by atoms with Crippen molar-refractivity contribution in [2.45, 2.75) is 32.7 Å². The number of halogens is 1. The van der Waals surface area contributed by atoms with Gasteiger partial charge >= 0.3 is 0 Å². The molecule has 1 aliphatic rings. The number of pyridine rings is 1. The van der Waals surface area contributed by atoms with Crippen molar-refractivity contribution < 1.29 is 13.9 Å². The number of allylic oxidation sites excluding steroid dienone is 1. The minimum Gasteiger partial charge on any atom is -0.439 e. The Morgan fingerprint density at radius 3 is 2.74 bits per heavy atom. The number of nitriles is 1. The van der Waals surface area contributed by atoms with Crippen molar-refractivity contribution in [3.05, 3.63) is 66.4 Å². The summed E-state index contributed by atoms with van der Waals surface area (Å²) < 4.78 is 22.7. The highest BCUT2D eigenvalue weighted by Gasteiger charge is 2.30. The van der Waals surface area contributed by atoms with Crippen LogP contribution in [0.2, 0.25) is 0 Å². The summed E-state index contributed by atoms with van der Waals surface area (Å²) in [5, 5.41) is 14.6. The minimum atomic E-state index is -0.781. The van der Waals surface area contributed by atoms with Gasteiger partial charge in [-0.3, -0.25) is 4.79 Å². The maximum atomic E-state index is 15.3. The second-order valence-corrected chi connectivity index (χ2v) is 9.64. The highest BCUT2D eigenvalue weighted by Crippen LogP contribution is 2.35. The maximum absolute atomic E-state index is 15.3. The standard InChI is InChI=1S/C28H27FN8O2/c1-17(2)13-18(14-30)28(38)36-12-6-7-19(15-36)37-27-23(26(31)32-16-33-27)24(35-37)21-10-11-22(34-25(21)29)39-20-8-4-3-5-9-20/h3-5,8-11,13,16-17,19H,6-7,12,15H2,1-2H3,(H2,31,32,33). The lowest BCUT2D eigenvalue weighted by atomic mass is 10.0. The van der Waals surface area contributed by atoms with Crippen LogP contribution < -0.4 is 10.5 Å². The average Bonchev–Trinajstić information content (AvgIpc) is 3.33. The van der Waals surface area contributed by atoms with Crippen LogP contribution in [-0.2, 0) is 4.79 Å². The van der Waals surface area contributed by atoms with Gasteiger partial charge in [0, 0.05) is 19.2 Å². The molecular weight excluding hydrogens is 499 g/mol. The molecule has 2 N–H and O–H groups in total. The summed E-state index contributed by atoms with van der Waals surface area (Å²) >= 11 is 0. The van der Waals surface area contributed by atoms with Crippen molar-refractivity contribution in [3.63, 3.8) is 0 Å². The molecule has 39 heavy (non-hydrogen) atoms. The van der Waals surface area contributed by atoms with Gasteiger partial charge in [0.1, 0.15) is 35.2 Å². The molecule has 11 heteroatoms. The molecule has 1 saturated heterocycles. The van der Waals surface area contributed by atoms with Crippen molar-refractivity contribution in [2.75, 3.05) is 18.8 Å². The van der Waals surface area contributed by atoms with E-state index in [0.717, 1.165) is 0 Å². The molecule has 0 radical (unpaired) electrons. The third-order valence-corrected chi connectivity index (χ3v) is 6.44. The monoisotopic (exact) mass is 526 g/mol. The Hall–Kier alpha value is -4.85. The molecule has 5 rings (SSSR count). The number of rotatable bonds is 6. The van der Waals surface area contributed by atoms with E-state index in [9.17, 15) is 10.1 Å². The highest BCUT2D eigenvalue weighted by atomic mass is 19.1. The SMILES string of the molecule is CC(C)C=C(C#N)C(=O)N1CCCC(n2nc(-c3ccc(Oc4ccccc4)nc3F)c3c(N)ncnc32)C1. The number of hydrogen-bond donors (Lipinski definition) is 1. The second-order valence-electron chi connectivity index (χ2n) is 9.64. The summed E-state index contributed by atoms with van der Waals surface area (Å²) in [5.74, 6) is -0.249. The zero-order valence-corrected chi connectivity index (χ0v) is 21.6. The summed E-state index contributed by atoms with van der Waals surface area (Å²) in [7, 11) is 0. The van der Waals surface area contributed by atoms with E-state index in [4.69, 9.17) is 15.6 Å². The van der Waals surface area contributed by atoms with Crippen molar-refractivity contribution in [1.82, 2.24) is 29.6 Å². The predicted molar refractivity (Wildman–Crippen MR) is 143 cm³/mol. The fourth-order valence-corrected chi connectivity index (χ4v) is 4.70. The topological polar surface area (TPSA) is 136 Å². The lowest BCUT2D eigenvalue weighted by Crippen LogP contribution is -2.41. The Balaban J connectivity index is 1.49. The summed E-state index contributed by atoms with van der Waals surface area (Å²) in [6.07, 6.45) is 4.41. The first-order chi connectivity index (χ1) is 18.9. The molecule has 0 saturated carbocycles. The van der Waals surface area contributed by atoms with E-state index in [1.54, 1.807) is 33.9 Å². The number of nitrogens with two attached hydrogens (primary N) is 1. The number of fused-ring (bicyclic) bond motifs is 1. The number of carbonyl (C=O) groups excluding carboxylic acids is 1. The van der Waals surface area contributed by atoms with E-state index in [2.05, 4.69) is 15.0 Å². The molecule has 0 spiro atoms. The number of nitrogen functional groups attached to an aromatic ring is 1. The molecule has 1 amide bonds.